The van der Waals surface area contributed by atoms with E-state index in [1.165, 1.54) is 32.1 Å². The molecule has 1 saturated heterocycles. The highest BCUT2D eigenvalue weighted by atomic mass is 16.5. The van der Waals surface area contributed by atoms with E-state index in [4.69, 9.17) is 10.6 Å². The second kappa shape index (κ2) is 6.81. The van der Waals surface area contributed by atoms with Crippen LogP contribution >= 0.6 is 0 Å². The summed E-state index contributed by atoms with van der Waals surface area (Å²) in [7, 11) is 0. The zero-order chi connectivity index (χ0) is 11.9. The van der Waals surface area contributed by atoms with Gasteiger partial charge in [0.05, 0.1) is 18.7 Å². The molecule has 2 rings (SSSR count). The summed E-state index contributed by atoms with van der Waals surface area (Å²) in [6.07, 6.45) is 8.55. The maximum atomic E-state index is 5.52. The average Bonchev–Trinajstić information content (AvgIpc) is 2.40. The summed E-state index contributed by atoms with van der Waals surface area (Å²) >= 11 is 0. The summed E-state index contributed by atoms with van der Waals surface area (Å²) in [5, 5.41) is 3.34. The first-order valence-electron chi connectivity index (χ1n) is 6.77. The molecule has 98 valence electrons. The molecule has 1 saturated carbocycles. The summed E-state index contributed by atoms with van der Waals surface area (Å²) in [6.45, 7) is 1.63. The minimum absolute atomic E-state index is 0.349. The van der Waals surface area contributed by atoms with Crippen molar-refractivity contribution in [3.63, 3.8) is 0 Å². The molecule has 5 heteroatoms. The number of ether oxygens (including phenoxy) is 1. The van der Waals surface area contributed by atoms with Crippen LogP contribution in [0.3, 0.4) is 0 Å². The molecule has 2 fully saturated rings. The molecule has 4 N–H and O–H groups in total. The second-order valence-corrected chi connectivity index (χ2v) is 4.97. The normalized spacial score (nSPS) is 27.8. The smallest absolute Gasteiger partial charge is 0.206 e. The van der Waals surface area contributed by atoms with E-state index in [2.05, 4.69) is 15.7 Å². The fraction of sp³-hybridized carbons (Fsp3) is 0.917. The van der Waals surface area contributed by atoms with Crippen LogP contribution in [0.4, 0.5) is 0 Å². The molecule has 1 atom stereocenters. The number of aliphatic imine (C=N–C) groups is 1. The molecule has 0 spiro atoms. The van der Waals surface area contributed by atoms with E-state index in [-0.39, 0.29) is 0 Å². The average molecular weight is 240 g/mol. The van der Waals surface area contributed by atoms with Crippen LogP contribution in [0.2, 0.25) is 0 Å². The lowest BCUT2D eigenvalue weighted by Crippen LogP contribution is -2.49. The molecular weight excluding hydrogens is 216 g/mol. The molecule has 17 heavy (non-hydrogen) atoms. The molecular formula is C12H24N4O. The summed E-state index contributed by atoms with van der Waals surface area (Å²) < 4.78 is 5.43. The van der Waals surface area contributed by atoms with Gasteiger partial charge < -0.3 is 10.1 Å². The Bertz CT molecular complexity index is 245. The van der Waals surface area contributed by atoms with Crippen LogP contribution in [-0.4, -0.2) is 31.3 Å². The molecule has 1 aliphatic carbocycles. The number of hydrogen-bond donors (Lipinski definition) is 3. The van der Waals surface area contributed by atoms with Crippen molar-refractivity contribution in [2.45, 2.75) is 57.0 Å². The SMILES string of the molecule is NNC(=NC1CCCCC1)NC1CCCOC1. The number of guanidine groups is 1. The van der Waals surface area contributed by atoms with Crippen LogP contribution in [0.25, 0.3) is 0 Å². The van der Waals surface area contributed by atoms with Gasteiger partial charge in [-0.25, -0.2) is 10.8 Å². The summed E-state index contributed by atoms with van der Waals surface area (Å²) in [6, 6.07) is 0.786. The Labute approximate surface area is 103 Å². The van der Waals surface area contributed by atoms with Gasteiger partial charge in [0.25, 0.3) is 0 Å². The third-order valence-corrected chi connectivity index (χ3v) is 3.52. The number of hydrogen-bond acceptors (Lipinski definition) is 3. The summed E-state index contributed by atoms with van der Waals surface area (Å²) in [5.74, 6) is 6.25. The Hall–Kier alpha value is -0.810. The Kier molecular flexibility index (Phi) is 5.07. The van der Waals surface area contributed by atoms with Gasteiger partial charge in [-0.1, -0.05) is 19.3 Å². The maximum Gasteiger partial charge on any atom is 0.206 e. The molecule has 1 unspecified atom stereocenters. The number of hydrazine groups is 1. The van der Waals surface area contributed by atoms with Crippen molar-refractivity contribution in [3.8, 4) is 0 Å². The van der Waals surface area contributed by atoms with Gasteiger partial charge in [-0.3, -0.25) is 5.43 Å². The monoisotopic (exact) mass is 240 g/mol. The summed E-state index contributed by atoms with van der Waals surface area (Å²) in [4.78, 5) is 4.66. The highest BCUT2D eigenvalue weighted by Crippen LogP contribution is 2.20. The van der Waals surface area contributed by atoms with Crippen molar-refractivity contribution in [2.24, 2.45) is 10.8 Å². The van der Waals surface area contributed by atoms with Crippen molar-refractivity contribution in [1.82, 2.24) is 10.7 Å². The van der Waals surface area contributed by atoms with Gasteiger partial charge in [-0.2, -0.15) is 0 Å². The minimum atomic E-state index is 0.349. The highest BCUT2D eigenvalue weighted by molar-refractivity contribution is 5.79. The van der Waals surface area contributed by atoms with Crippen LogP contribution in [0, 0.1) is 0 Å². The molecule has 0 bridgehead atoms. The van der Waals surface area contributed by atoms with E-state index in [1.807, 2.05) is 0 Å². The molecule has 0 aromatic heterocycles. The highest BCUT2D eigenvalue weighted by Gasteiger charge is 2.17. The number of nitrogens with zero attached hydrogens (tertiary/aromatic N) is 1. The molecule has 0 aromatic carbocycles. The van der Waals surface area contributed by atoms with Crippen LogP contribution < -0.4 is 16.6 Å². The fourth-order valence-electron chi connectivity index (χ4n) is 2.56. The van der Waals surface area contributed by atoms with E-state index < -0.39 is 0 Å². The molecule has 0 aromatic rings. The van der Waals surface area contributed by atoms with Crippen LogP contribution in [0.5, 0.6) is 0 Å². The van der Waals surface area contributed by atoms with Gasteiger partial charge in [-0.05, 0) is 25.7 Å². The Morgan fingerprint density at radius 3 is 2.59 bits per heavy atom. The van der Waals surface area contributed by atoms with E-state index in [1.54, 1.807) is 0 Å². The van der Waals surface area contributed by atoms with Crippen LogP contribution in [0.15, 0.2) is 4.99 Å². The van der Waals surface area contributed by atoms with Crippen molar-refractivity contribution < 1.29 is 4.74 Å². The lowest BCUT2D eigenvalue weighted by atomic mass is 9.96. The maximum absolute atomic E-state index is 5.52. The Morgan fingerprint density at radius 2 is 1.94 bits per heavy atom. The molecule has 1 aliphatic heterocycles. The van der Waals surface area contributed by atoms with Gasteiger partial charge in [0.1, 0.15) is 0 Å². The first-order valence-corrected chi connectivity index (χ1v) is 6.77. The second-order valence-electron chi connectivity index (χ2n) is 4.97. The Morgan fingerprint density at radius 1 is 1.12 bits per heavy atom. The van der Waals surface area contributed by atoms with Gasteiger partial charge in [-0.15, -0.1) is 0 Å². The van der Waals surface area contributed by atoms with Gasteiger partial charge in [0.2, 0.25) is 5.96 Å². The molecule has 0 amide bonds. The molecule has 2 aliphatic rings. The first-order chi connectivity index (χ1) is 8.38. The van der Waals surface area contributed by atoms with E-state index in [9.17, 15) is 0 Å². The van der Waals surface area contributed by atoms with Gasteiger partial charge in [0.15, 0.2) is 0 Å². The van der Waals surface area contributed by atoms with E-state index in [0.29, 0.717) is 12.1 Å². The quantitative estimate of drug-likeness (QED) is 0.290. The van der Waals surface area contributed by atoms with Crippen molar-refractivity contribution >= 4 is 5.96 Å². The molecule has 1 heterocycles. The Balaban J connectivity index is 1.83. The third kappa shape index (κ3) is 4.16. The van der Waals surface area contributed by atoms with E-state index in [0.717, 1.165) is 32.0 Å². The number of nitrogens with two attached hydrogens (primary N) is 1. The topological polar surface area (TPSA) is 71.7 Å². The zero-order valence-electron chi connectivity index (χ0n) is 10.5. The van der Waals surface area contributed by atoms with Gasteiger partial charge in [0, 0.05) is 6.61 Å². The number of rotatable bonds is 2. The van der Waals surface area contributed by atoms with Crippen molar-refractivity contribution in [2.75, 3.05) is 13.2 Å². The first kappa shape index (κ1) is 12.6. The fourth-order valence-corrected chi connectivity index (χ4v) is 2.56. The predicted octanol–water partition coefficient (Wildman–Crippen LogP) is 0.907. The lowest BCUT2D eigenvalue weighted by molar-refractivity contribution is 0.0761. The minimum Gasteiger partial charge on any atom is -0.379 e. The van der Waals surface area contributed by atoms with Gasteiger partial charge >= 0.3 is 0 Å². The van der Waals surface area contributed by atoms with Crippen LogP contribution in [-0.2, 0) is 4.74 Å². The predicted molar refractivity (Wildman–Crippen MR) is 68.6 cm³/mol. The number of nitrogens with one attached hydrogen (secondary N) is 2. The summed E-state index contributed by atoms with van der Waals surface area (Å²) in [5.41, 5.74) is 2.68. The van der Waals surface area contributed by atoms with Crippen molar-refractivity contribution in [3.05, 3.63) is 0 Å². The van der Waals surface area contributed by atoms with Crippen LogP contribution in [0.1, 0.15) is 44.9 Å². The zero-order valence-corrected chi connectivity index (χ0v) is 10.5. The standard InChI is InChI=1S/C12H24N4O/c13-16-12(14-10-5-2-1-3-6-10)15-11-7-4-8-17-9-11/h10-11H,1-9,13H2,(H2,14,15,16). The third-order valence-electron chi connectivity index (χ3n) is 3.52. The van der Waals surface area contributed by atoms with E-state index >= 15 is 0 Å². The molecule has 5 nitrogen and oxygen atoms in total. The van der Waals surface area contributed by atoms with Crippen molar-refractivity contribution in [1.29, 1.82) is 0 Å². The largest absolute Gasteiger partial charge is 0.379 e. The molecule has 0 radical (unpaired) electrons. The lowest BCUT2D eigenvalue weighted by Gasteiger charge is -2.26.